The molecule has 17 heavy (non-hydrogen) atoms. The summed E-state index contributed by atoms with van der Waals surface area (Å²) < 4.78 is 13.7. The summed E-state index contributed by atoms with van der Waals surface area (Å²) >= 11 is 0. The molecule has 1 fully saturated rings. The third kappa shape index (κ3) is 2.94. The van der Waals surface area contributed by atoms with Crippen LogP contribution in [0.1, 0.15) is 26.2 Å². The molecular formula is C13H20FN3. The quantitative estimate of drug-likeness (QED) is 0.796. The van der Waals surface area contributed by atoms with Gasteiger partial charge in [0.1, 0.15) is 0 Å². The Morgan fingerprint density at radius 3 is 3.24 bits per heavy atom. The van der Waals surface area contributed by atoms with Gasteiger partial charge in [0.05, 0.1) is 0 Å². The topological polar surface area (TPSA) is 28.2 Å². The van der Waals surface area contributed by atoms with E-state index in [1.165, 1.54) is 6.07 Å². The molecule has 2 heterocycles. The molecule has 0 saturated carbocycles. The molecule has 0 aliphatic carbocycles. The van der Waals surface area contributed by atoms with Crippen molar-refractivity contribution in [2.75, 3.05) is 24.5 Å². The van der Waals surface area contributed by atoms with Crippen molar-refractivity contribution in [3.8, 4) is 0 Å². The summed E-state index contributed by atoms with van der Waals surface area (Å²) in [5.41, 5.74) is 0. The maximum Gasteiger partial charge on any atom is 0.165 e. The molecule has 1 unspecified atom stereocenters. The van der Waals surface area contributed by atoms with E-state index in [0.29, 0.717) is 11.9 Å². The molecule has 0 spiro atoms. The number of hydrogen-bond acceptors (Lipinski definition) is 3. The van der Waals surface area contributed by atoms with Gasteiger partial charge in [0.25, 0.3) is 0 Å². The van der Waals surface area contributed by atoms with Crippen molar-refractivity contribution in [2.45, 2.75) is 32.2 Å². The fourth-order valence-corrected chi connectivity index (χ4v) is 2.36. The SMILES string of the molecule is CCCNCC1CCCN1c1ncccc1F. The molecule has 4 heteroatoms. The van der Waals surface area contributed by atoms with Crippen molar-refractivity contribution in [3.63, 3.8) is 0 Å². The van der Waals surface area contributed by atoms with Crippen LogP contribution < -0.4 is 10.2 Å². The van der Waals surface area contributed by atoms with Crippen LogP contribution in [0.2, 0.25) is 0 Å². The van der Waals surface area contributed by atoms with Crippen LogP contribution in [0.5, 0.6) is 0 Å². The van der Waals surface area contributed by atoms with Crippen LogP contribution in [0.25, 0.3) is 0 Å². The highest BCUT2D eigenvalue weighted by Crippen LogP contribution is 2.25. The van der Waals surface area contributed by atoms with E-state index in [9.17, 15) is 4.39 Å². The number of halogens is 1. The Labute approximate surface area is 102 Å². The number of rotatable bonds is 5. The Hall–Kier alpha value is -1.16. The molecule has 1 aliphatic heterocycles. The van der Waals surface area contributed by atoms with E-state index in [1.807, 2.05) is 0 Å². The number of pyridine rings is 1. The van der Waals surface area contributed by atoms with Crippen LogP contribution in [0.3, 0.4) is 0 Å². The van der Waals surface area contributed by atoms with E-state index in [1.54, 1.807) is 12.3 Å². The molecule has 1 N–H and O–H groups in total. The van der Waals surface area contributed by atoms with Gasteiger partial charge in [0.15, 0.2) is 11.6 Å². The second-order valence-electron chi connectivity index (χ2n) is 4.50. The fourth-order valence-electron chi connectivity index (χ4n) is 2.36. The van der Waals surface area contributed by atoms with Gasteiger partial charge in [-0.3, -0.25) is 0 Å². The van der Waals surface area contributed by atoms with Crippen LogP contribution in [-0.2, 0) is 0 Å². The van der Waals surface area contributed by atoms with E-state index in [4.69, 9.17) is 0 Å². The standard InChI is InChI=1S/C13H20FN3/c1-2-7-15-10-11-5-4-9-17(11)13-12(14)6-3-8-16-13/h3,6,8,11,15H,2,4-5,7,9-10H2,1H3. The zero-order valence-electron chi connectivity index (χ0n) is 10.3. The highest BCUT2D eigenvalue weighted by molar-refractivity contribution is 5.42. The third-order valence-corrected chi connectivity index (χ3v) is 3.19. The summed E-state index contributed by atoms with van der Waals surface area (Å²) in [6.07, 6.45) is 5.03. The molecule has 3 nitrogen and oxygen atoms in total. The Morgan fingerprint density at radius 2 is 2.47 bits per heavy atom. The zero-order valence-corrected chi connectivity index (χ0v) is 10.3. The van der Waals surface area contributed by atoms with Gasteiger partial charge in [-0.05, 0) is 37.9 Å². The monoisotopic (exact) mass is 237 g/mol. The summed E-state index contributed by atoms with van der Waals surface area (Å²) in [4.78, 5) is 6.26. The van der Waals surface area contributed by atoms with Gasteiger partial charge in [0, 0.05) is 25.3 Å². The Kier molecular flexibility index (Phi) is 4.31. The Balaban J connectivity index is 2.02. The average molecular weight is 237 g/mol. The highest BCUT2D eigenvalue weighted by Gasteiger charge is 2.26. The molecule has 1 atom stereocenters. The maximum atomic E-state index is 13.7. The molecule has 0 amide bonds. The van der Waals surface area contributed by atoms with Crippen molar-refractivity contribution < 1.29 is 4.39 Å². The first kappa shape index (κ1) is 12.3. The van der Waals surface area contributed by atoms with E-state index in [-0.39, 0.29) is 5.82 Å². The van der Waals surface area contributed by atoms with Crippen LogP contribution in [0.15, 0.2) is 18.3 Å². The van der Waals surface area contributed by atoms with Crippen molar-refractivity contribution in [3.05, 3.63) is 24.1 Å². The molecule has 2 rings (SSSR count). The van der Waals surface area contributed by atoms with E-state index >= 15 is 0 Å². The summed E-state index contributed by atoms with van der Waals surface area (Å²) in [5.74, 6) is 0.295. The molecule has 0 bridgehead atoms. The van der Waals surface area contributed by atoms with Crippen molar-refractivity contribution >= 4 is 5.82 Å². The number of nitrogens with one attached hydrogen (secondary N) is 1. The van der Waals surface area contributed by atoms with Crippen molar-refractivity contribution in [1.29, 1.82) is 0 Å². The summed E-state index contributed by atoms with van der Waals surface area (Å²) in [7, 11) is 0. The molecule has 1 aliphatic rings. The lowest BCUT2D eigenvalue weighted by Gasteiger charge is -2.26. The van der Waals surface area contributed by atoms with Gasteiger partial charge in [0.2, 0.25) is 0 Å². The normalized spacial score (nSPS) is 19.9. The van der Waals surface area contributed by atoms with Crippen molar-refractivity contribution in [2.24, 2.45) is 0 Å². The van der Waals surface area contributed by atoms with Crippen LogP contribution in [0.4, 0.5) is 10.2 Å². The lowest BCUT2D eigenvalue weighted by atomic mass is 10.2. The summed E-state index contributed by atoms with van der Waals surface area (Å²) in [6, 6.07) is 3.50. The predicted octanol–water partition coefficient (Wildman–Crippen LogP) is 2.19. The zero-order chi connectivity index (χ0) is 12.1. The maximum absolute atomic E-state index is 13.7. The minimum atomic E-state index is -0.213. The first-order valence-electron chi connectivity index (χ1n) is 6.40. The minimum absolute atomic E-state index is 0.213. The number of aromatic nitrogens is 1. The average Bonchev–Trinajstić information content (AvgIpc) is 2.78. The highest BCUT2D eigenvalue weighted by atomic mass is 19.1. The molecule has 1 aromatic heterocycles. The lowest BCUT2D eigenvalue weighted by Crippen LogP contribution is -2.39. The smallest absolute Gasteiger partial charge is 0.165 e. The second-order valence-corrected chi connectivity index (χ2v) is 4.50. The van der Waals surface area contributed by atoms with Gasteiger partial charge >= 0.3 is 0 Å². The lowest BCUT2D eigenvalue weighted by molar-refractivity contribution is 0.553. The van der Waals surface area contributed by atoms with Gasteiger partial charge in [-0.1, -0.05) is 6.92 Å². The van der Waals surface area contributed by atoms with E-state index < -0.39 is 0 Å². The molecule has 0 radical (unpaired) electrons. The first-order chi connectivity index (χ1) is 8.33. The molecule has 94 valence electrons. The molecule has 1 aromatic rings. The number of nitrogens with zero attached hydrogens (tertiary/aromatic N) is 2. The largest absolute Gasteiger partial charge is 0.350 e. The second kappa shape index (κ2) is 5.96. The van der Waals surface area contributed by atoms with Gasteiger partial charge < -0.3 is 10.2 Å². The van der Waals surface area contributed by atoms with E-state index in [0.717, 1.165) is 38.9 Å². The minimum Gasteiger partial charge on any atom is -0.350 e. The first-order valence-corrected chi connectivity index (χ1v) is 6.40. The third-order valence-electron chi connectivity index (χ3n) is 3.19. The number of anilines is 1. The molecule has 1 saturated heterocycles. The Morgan fingerprint density at radius 1 is 1.59 bits per heavy atom. The molecular weight excluding hydrogens is 217 g/mol. The predicted molar refractivity (Wildman–Crippen MR) is 67.7 cm³/mol. The van der Waals surface area contributed by atoms with Crippen LogP contribution >= 0.6 is 0 Å². The van der Waals surface area contributed by atoms with Crippen molar-refractivity contribution in [1.82, 2.24) is 10.3 Å². The van der Waals surface area contributed by atoms with Gasteiger partial charge in [-0.25, -0.2) is 9.37 Å². The number of hydrogen-bond donors (Lipinski definition) is 1. The fraction of sp³-hybridized carbons (Fsp3) is 0.615. The molecule has 0 aromatic carbocycles. The van der Waals surface area contributed by atoms with Crippen LogP contribution in [-0.4, -0.2) is 30.7 Å². The summed E-state index contributed by atoms with van der Waals surface area (Å²) in [5, 5.41) is 3.40. The van der Waals surface area contributed by atoms with E-state index in [2.05, 4.69) is 22.1 Å². The summed E-state index contributed by atoms with van der Waals surface area (Å²) in [6.45, 7) is 5.00. The van der Waals surface area contributed by atoms with Crippen LogP contribution in [0, 0.1) is 5.82 Å². The Bertz CT molecular complexity index is 356. The van der Waals surface area contributed by atoms with Gasteiger partial charge in [-0.2, -0.15) is 0 Å². The van der Waals surface area contributed by atoms with Gasteiger partial charge in [-0.15, -0.1) is 0 Å².